The van der Waals surface area contributed by atoms with Gasteiger partial charge in [-0.15, -0.1) is 0 Å². The zero-order valence-corrected chi connectivity index (χ0v) is 18.5. The Labute approximate surface area is 192 Å². The molecule has 11 heteroatoms. The molecule has 2 amide bonds. The fourth-order valence-corrected chi connectivity index (χ4v) is 3.83. The molecule has 0 saturated heterocycles. The average Bonchev–Trinajstić information content (AvgIpc) is 3.10. The molecule has 0 spiro atoms. The van der Waals surface area contributed by atoms with Crippen molar-refractivity contribution in [3.63, 3.8) is 0 Å². The number of halogens is 1. The van der Waals surface area contributed by atoms with Gasteiger partial charge in [0.2, 0.25) is 23.3 Å². The Bertz CT molecular complexity index is 1420. The Morgan fingerprint density at radius 1 is 1.24 bits per heavy atom. The van der Waals surface area contributed by atoms with E-state index < -0.39 is 5.91 Å². The average molecular weight is 467 g/mol. The van der Waals surface area contributed by atoms with E-state index in [1.165, 1.54) is 6.07 Å². The summed E-state index contributed by atoms with van der Waals surface area (Å²) in [5.41, 5.74) is 1.85. The molecule has 1 aliphatic heterocycles. The Hall–Kier alpha value is -3.92. The minimum Gasteiger partial charge on any atom is -0.449 e. The number of aromatic nitrogens is 3. The Balaban J connectivity index is 1.53. The summed E-state index contributed by atoms with van der Waals surface area (Å²) in [6.45, 7) is 4.70. The number of anilines is 1. The molecule has 0 unspecified atom stereocenters. The van der Waals surface area contributed by atoms with Gasteiger partial charge in [0.15, 0.2) is 0 Å². The van der Waals surface area contributed by atoms with Gasteiger partial charge in [-0.25, -0.2) is 9.97 Å². The van der Waals surface area contributed by atoms with Gasteiger partial charge in [0, 0.05) is 36.7 Å². The first-order valence-corrected chi connectivity index (χ1v) is 10.7. The molecule has 0 bridgehead atoms. The van der Waals surface area contributed by atoms with E-state index in [4.69, 9.17) is 20.8 Å². The number of ether oxygens (including phenoxy) is 1. The van der Waals surface area contributed by atoms with Crippen molar-refractivity contribution >= 4 is 51.0 Å². The Kier molecular flexibility index (Phi) is 5.21. The standard InChI is InChI=1S/C22H19ClN6O4/c1-3-24-22(31)20-28-14(23)8-16(29-20)33-15-7-4-11-12(27-15)5-6-13-17(11)18-19(32-13)21(30)26-10(2)9-25-18/h4-8,10,25H,3,9H2,1-2H3,(H,24,31)(H,26,30)/t10-/m1/s1. The van der Waals surface area contributed by atoms with Crippen LogP contribution in [0, 0.1) is 0 Å². The number of carbonyl (C=O) groups excluding carboxylic acids is 2. The van der Waals surface area contributed by atoms with Crippen LogP contribution >= 0.6 is 11.6 Å². The highest BCUT2D eigenvalue weighted by Crippen LogP contribution is 2.37. The van der Waals surface area contributed by atoms with Gasteiger partial charge < -0.3 is 25.1 Å². The maximum atomic E-state index is 12.5. The molecule has 10 nitrogen and oxygen atoms in total. The molecule has 33 heavy (non-hydrogen) atoms. The fraction of sp³-hybridized carbons (Fsp3) is 0.227. The normalized spacial score (nSPS) is 15.5. The van der Waals surface area contributed by atoms with Gasteiger partial charge in [-0.3, -0.25) is 9.59 Å². The molecule has 3 aromatic heterocycles. The molecule has 0 fully saturated rings. The lowest BCUT2D eigenvalue weighted by molar-refractivity contribution is 0.0918. The number of nitrogens with one attached hydrogen (secondary N) is 3. The second-order valence-corrected chi connectivity index (χ2v) is 7.92. The number of rotatable bonds is 4. The van der Waals surface area contributed by atoms with E-state index in [-0.39, 0.29) is 40.4 Å². The van der Waals surface area contributed by atoms with Gasteiger partial charge in [-0.2, -0.15) is 4.98 Å². The van der Waals surface area contributed by atoms with Crippen LogP contribution in [-0.2, 0) is 0 Å². The lowest BCUT2D eigenvalue weighted by Gasteiger charge is -2.10. The highest BCUT2D eigenvalue weighted by molar-refractivity contribution is 6.29. The number of carbonyl (C=O) groups is 2. The van der Waals surface area contributed by atoms with E-state index in [9.17, 15) is 9.59 Å². The first-order valence-electron chi connectivity index (χ1n) is 10.3. The molecule has 0 radical (unpaired) electrons. The van der Waals surface area contributed by atoms with Crippen LogP contribution in [-0.4, -0.2) is 45.9 Å². The van der Waals surface area contributed by atoms with Gasteiger partial charge in [-0.05, 0) is 32.0 Å². The van der Waals surface area contributed by atoms with Crippen molar-refractivity contribution in [2.45, 2.75) is 19.9 Å². The summed E-state index contributed by atoms with van der Waals surface area (Å²) in [4.78, 5) is 37.1. The zero-order valence-electron chi connectivity index (χ0n) is 17.7. The third kappa shape index (κ3) is 3.89. The molecule has 168 valence electrons. The number of amides is 2. The molecule has 1 aliphatic rings. The van der Waals surface area contributed by atoms with Crippen molar-refractivity contribution in [3.8, 4) is 11.8 Å². The topological polar surface area (TPSA) is 131 Å². The highest BCUT2D eigenvalue weighted by Gasteiger charge is 2.26. The van der Waals surface area contributed by atoms with Crippen LogP contribution in [0.4, 0.5) is 5.69 Å². The first-order chi connectivity index (χ1) is 15.9. The van der Waals surface area contributed by atoms with E-state index >= 15 is 0 Å². The number of benzene rings is 1. The number of furan rings is 1. The molecule has 0 aliphatic carbocycles. The number of nitrogens with zero attached hydrogens (tertiary/aromatic N) is 3. The third-order valence-electron chi connectivity index (χ3n) is 5.09. The SMILES string of the molecule is CCNC(=O)c1nc(Cl)cc(Oc2ccc3c(ccc4oc5c(c43)NC[C@@H](C)NC5=O)n2)n1. The van der Waals surface area contributed by atoms with E-state index in [1.54, 1.807) is 25.1 Å². The first kappa shape index (κ1) is 21.0. The van der Waals surface area contributed by atoms with Crippen LogP contribution in [0.1, 0.15) is 35.0 Å². The van der Waals surface area contributed by atoms with Crippen LogP contribution in [0.15, 0.2) is 34.7 Å². The lowest BCUT2D eigenvalue weighted by atomic mass is 10.1. The molecule has 4 aromatic rings. The zero-order chi connectivity index (χ0) is 23.1. The second-order valence-electron chi connectivity index (χ2n) is 7.53. The van der Waals surface area contributed by atoms with E-state index in [1.807, 2.05) is 13.0 Å². The predicted octanol–water partition coefficient (Wildman–Crippen LogP) is 3.51. The summed E-state index contributed by atoms with van der Waals surface area (Å²) in [7, 11) is 0. The van der Waals surface area contributed by atoms with Crippen molar-refractivity contribution in [3.05, 3.63) is 47.1 Å². The highest BCUT2D eigenvalue weighted by atomic mass is 35.5. The van der Waals surface area contributed by atoms with E-state index in [2.05, 4.69) is 30.9 Å². The molecular formula is C22H19ClN6O4. The van der Waals surface area contributed by atoms with Gasteiger partial charge >= 0.3 is 0 Å². The summed E-state index contributed by atoms with van der Waals surface area (Å²) in [6.07, 6.45) is 0. The van der Waals surface area contributed by atoms with Crippen LogP contribution in [0.5, 0.6) is 11.8 Å². The quantitative estimate of drug-likeness (QED) is 0.389. The number of fused-ring (bicyclic) bond motifs is 5. The second kappa shape index (κ2) is 8.21. The Morgan fingerprint density at radius 2 is 2.09 bits per heavy atom. The van der Waals surface area contributed by atoms with Crippen molar-refractivity contribution in [2.24, 2.45) is 0 Å². The summed E-state index contributed by atoms with van der Waals surface area (Å²) in [5.74, 6) is -0.216. The number of hydrogen-bond donors (Lipinski definition) is 3. The minimum absolute atomic E-state index is 0.0350. The maximum Gasteiger partial charge on any atom is 0.289 e. The molecular weight excluding hydrogens is 448 g/mol. The Morgan fingerprint density at radius 3 is 2.91 bits per heavy atom. The smallest absolute Gasteiger partial charge is 0.289 e. The molecule has 4 heterocycles. The molecule has 0 saturated carbocycles. The largest absolute Gasteiger partial charge is 0.449 e. The lowest BCUT2D eigenvalue weighted by Crippen LogP contribution is -2.34. The van der Waals surface area contributed by atoms with E-state index in [0.717, 1.165) is 10.8 Å². The monoisotopic (exact) mass is 466 g/mol. The van der Waals surface area contributed by atoms with Gasteiger partial charge in [0.05, 0.1) is 16.6 Å². The van der Waals surface area contributed by atoms with Crippen LogP contribution in [0.3, 0.4) is 0 Å². The van der Waals surface area contributed by atoms with Gasteiger partial charge in [-0.1, -0.05) is 11.6 Å². The summed E-state index contributed by atoms with van der Waals surface area (Å²) in [5, 5.41) is 10.4. The molecule has 1 atom stereocenters. The van der Waals surface area contributed by atoms with Crippen LogP contribution in [0.25, 0.3) is 21.9 Å². The van der Waals surface area contributed by atoms with Gasteiger partial charge in [0.1, 0.15) is 10.7 Å². The maximum absolute atomic E-state index is 12.5. The fourth-order valence-electron chi connectivity index (χ4n) is 3.66. The summed E-state index contributed by atoms with van der Waals surface area (Å²) < 4.78 is 11.6. The van der Waals surface area contributed by atoms with Crippen molar-refractivity contribution < 1.29 is 18.7 Å². The van der Waals surface area contributed by atoms with Crippen LogP contribution < -0.4 is 20.7 Å². The predicted molar refractivity (Wildman–Crippen MR) is 122 cm³/mol. The summed E-state index contributed by atoms with van der Waals surface area (Å²) in [6, 6.07) is 8.41. The molecule has 1 aromatic carbocycles. The number of pyridine rings is 1. The number of hydrogen-bond acceptors (Lipinski definition) is 8. The van der Waals surface area contributed by atoms with Crippen molar-refractivity contribution in [2.75, 3.05) is 18.4 Å². The minimum atomic E-state index is -0.454. The van der Waals surface area contributed by atoms with Crippen LogP contribution in [0.2, 0.25) is 5.15 Å². The van der Waals surface area contributed by atoms with E-state index in [0.29, 0.717) is 29.9 Å². The summed E-state index contributed by atoms with van der Waals surface area (Å²) >= 11 is 6.03. The molecule has 3 N–H and O–H groups in total. The van der Waals surface area contributed by atoms with Crippen molar-refractivity contribution in [1.82, 2.24) is 25.6 Å². The van der Waals surface area contributed by atoms with Crippen molar-refractivity contribution in [1.29, 1.82) is 0 Å². The van der Waals surface area contributed by atoms with Gasteiger partial charge in [0.25, 0.3) is 11.8 Å². The molecule has 5 rings (SSSR count). The third-order valence-corrected chi connectivity index (χ3v) is 5.28.